The molecule has 6 heteroatoms. The van der Waals surface area contributed by atoms with Gasteiger partial charge >= 0.3 is 6.18 Å². The van der Waals surface area contributed by atoms with Gasteiger partial charge in [-0.3, -0.25) is 0 Å². The second-order valence-corrected chi connectivity index (χ2v) is 5.21. The number of hydrogen-bond acceptors (Lipinski definition) is 2. The quantitative estimate of drug-likeness (QED) is 0.932. The average molecular weight is 271 g/mol. The molecule has 0 amide bonds. The minimum absolute atomic E-state index is 0.230. The molecule has 3 nitrogen and oxygen atoms in total. The first kappa shape index (κ1) is 13.9. The third kappa shape index (κ3) is 2.73. The van der Waals surface area contributed by atoms with E-state index >= 15 is 0 Å². The van der Waals surface area contributed by atoms with Crippen molar-refractivity contribution in [2.45, 2.75) is 32.0 Å². The number of halogens is 3. The SMILES string of the molecule is CC(C)(CN)c1nc2ccccc2n1CC(F)(F)F. The van der Waals surface area contributed by atoms with Crippen molar-refractivity contribution in [3.63, 3.8) is 0 Å². The number of hydrogen-bond donors (Lipinski definition) is 1. The molecule has 0 saturated heterocycles. The number of fused-ring (bicyclic) bond motifs is 1. The predicted octanol–water partition coefficient (Wildman–Crippen LogP) is 2.83. The zero-order valence-corrected chi connectivity index (χ0v) is 10.8. The van der Waals surface area contributed by atoms with Gasteiger partial charge in [0.25, 0.3) is 0 Å². The van der Waals surface area contributed by atoms with Crippen LogP contribution >= 0.6 is 0 Å². The molecule has 0 spiro atoms. The summed E-state index contributed by atoms with van der Waals surface area (Å²) in [5.41, 5.74) is 6.09. The molecule has 104 valence electrons. The second kappa shape index (κ2) is 4.52. The molecule has 2 rings (SSSR count). The summed E-state index contributed by atoms with van der Waals surface area (Å²) in [4.78, 5) is 4.32. The molecule has 0 aliphatic carbocycles. The smallest absolute Gasteiger partial charge is 0.329 e. The topological polar surface area (TPSA) is 43.8 Å². The molecule has 1 aromatic heterocycles. The Labute approximate surface area is 109 Å². The molecule has 1 aromatic carbocycles. The summed E-state index contributed by atoms with van der Waals surface area (Å²) in [6.45, 7) is 2.77. The Hall–Kier alpha value is -1.56. The Balaban J connectivity index is 2.65. The van der Waals surface area contributed by atoms with Gasteiger partial charge in [-0.15, -0.1) is 0 Å². The molecule has 19 heavy (non-hydrogen) atoms. The molecule has 0 unspecified atom stereocenters. The van der Waals surface area contributed by atoms with Gasteiger partial charge in [-0.05, 0) is 12.1 Å². The van der Waals surface area contributed by atoms with Crippen LogP contribution in [-0.4, -0.2) is 22.3 Å². The van der Waals surface area contributed by atoms with Crippen LogP contribution in [0.5, 0.6) is 0 Å². The Kier molecular flexibility index (Phi) is 3.30. The van der Waals surface area contributed by atoms with Crippen LogP contribution in [0.2, 0.25) is 0 Å². The lowest BCUT2D eigenvalue weighted by Crippen LogP contribution is -2.33. The van der Waals surface area contributed by atoms with Gasteiger partial charge in [0, 0.05) is 12.0 Å². The summed E-state index contributed by atoms with van der Waals surface area (Å²) in [5, 5.41) is 0. The molecular formula is C13H16F3N3. The number of nitrogens with zero attached hydrogens (tertiary/aromatic N) is 2. The maximum atomic E-state index is 12.7. The van der Waals surface area contributed by atoms with Crippen molar-refractivity contribution >= 4 is 11.0 Å². The van der Waals surface area contributed by atoms with E-state index in [-0.39, 0.29) is 6.54 Å². The molecule has 0 bridgehead atoms. The van der Waals surface area contributed by atoms with E-state index in [1.807, 2.05) is 0 Å². The lowest BCUT2D eigenvalue weighted by Gasteiger charge is -2.24. The van der Waals surface area contributed by atoms with Crippen LogP contribution in [0.1, 0.15) is 19.7 Å². The van der Waals surface area contributed by atoms with Crippen molar-refractivity contribution < 1.29 is 13.2 Å². The highest BCUT2D eigenvalue weighted by Gasteiger charge is 2.33. The normalized spacial score (nSPS) is 13.2. The zero-order valence-electron chi connectivity index (χ0n) is 10.8. The number of imidazole rings is 1. The molecule has 2 N–H and O–H groups in total. The van der Waals surface area contributed by atoms with Gasteiger partial charge in [-0.25, -0.2) is 4.98 Å². The summed E-state index contributed by atoms with van der Waals surface area (Å²) in [6, 6.07) is 6.81. The predicted molar refractivity (Wildman–Crippen MR) is 67.9 cm³/mol. The number of para-hydroxylation sites is 2. The highest BCUT2D eigenvalue weighted by Crippen LogP contribution is 2.29. The van der Waals surface area contributed by atoms with E-state index in [1.54, 1.807) is 38.1 Å². The van der Waals surface area contributed by atoms with E-state index in [0.29, 0.717) is 16.9 Å². The number of aromatic nitrogens is 2. The Morgan fingerprint density at radius 3 is 2.42 bits per heavy atom. The first-order chi connectivity index (χ1) is 8.74. The van der Waals surface area contributed by atoms with E-state index in [9.17, 15) is 13.2 Å². The van der Waals surface area contributed by atoms with Crippen molar-refractivity contribution in [2.24, 2.45) is 5.73 Å². The third-order valence-electron chi connectivity index (χ3n) is 3.11. The zero-order chi connectivity index (χ0) is 14.3. The molecule has 0 saturated carbocycles. The van der Waals surface area contributed by atoms with Crippen LogP contribution in [0.3, 0.4) is 0 Å². The summed E-state index contributed by atoms with van der Waals surface area (Å²) in [5.74, 6) is 0.369. The van der Waals surface area contributed by atoms with Crippen molar-refractivity contribution in [3.05, 3.63) is 30.1 Å². The first-order valence-corrected chi connectivity index (χ1v) is 5.97. The molecule has 0 fully saturated rings. The molecule has 1 heterocycles. The van der Waals surface area contributed by atoms with Gasteiger partial charge in [0.05, 0.1) is 11.0 Å². The lowest BCUT2D eigenvalue weighted by molar-refractivity contribution is -0.140. The summed E-state index contributed by atoms with van der Waals surface area (Å²) in [7, 11) is 0. The van der Waals surface area contributed by atoms with Gasteiger partial charge in [-0.2, -0.15) is 13.2 Å². The molecule has 2 aromatic rings. The Morgan fingerprint density at radius 1 is 1.21 bits per heavy atom. The first-order valence-electron chi connectivity index (χ1n) is 5.97. The van der Waals surface area contributed by atoms with Crippen molar-refractivity contribution in [1.29, 1.82) is 0 Å². The standard InChI is InChI=1S/C13H16F3N3/c1-12(2,7-17)11-18-9-5-3-4-6-10(9)19(11)8-13(14,15)16/h3-6H,7-8,17H2,1-2H3. The van der Waals surface area contributed by atoms with E-state index in [4.69, 9.17) is 5.73 Å². The van der Waals surface area contributed by atoms with Gasteiger partial charge in [0.2, 0.25) is 0 Å². The molecule has 0 aliphatic heterocycles. The summed E-state index contributed by atoms with van der Waals surface area (Å²) in [6.07, 6.45) is -4.29. The van der Waals surface area contributed by atoms with Crippen LogP contribution in [0, 0.1) is 0 Å². The lowest BCUT2D eigenvalue weighted by atomic mass is 9.92. The highest BCUT2D eigenvalue weighted by molar-refractivity contribution is 5.76. The van der Waals surface area contributed by atoms with Crippen LogP contribution in [0.4, 0.5) is 13.2 Å². The van der Waals surface area contributed by atoms with Gasteiger partial charge in [0.1, 0.15) is 12.4 Å². The van der Waals surface area contributed by atoms with Gasteiger partial charge in [-0.1, -0.05) is 26.0 Å². The summed E-state index contributed by atoms with van der Waals surface area (Å²) < 4.78 is 39.4. The minimum Gasteiger partial charge on any atom is -0.329 e. The fourth-order valence-electron chi connectivity index (χ4n) is 2.02. The van der Waals surface area contributed by atoms with E-state index in [1.165, 1.54) is 4.57 Å². The fraction of sp³-hybridized carbons (Fsp3) is 0.462. The monoisotopic (exact) mass is 271 g/mol. The average Bonchev–Trinajstić information content (AvgIpc) is 2.67. The third-order valence-corrected chi connectivity index (χ3v) is 3.11. The van der Waals surface area contributed by atoms with E-state index in [2.05, 4.69) is 4.98 Å². The Bertz CT molecular complexity index is 584. The van der Waals surface area contributed by atoms with Crippen molar-refractivity contribution in [2.75, 3.05) is 6.54 Å². The van der Waals surface area contributed by atoms with Crippen LogP contribution in [-0.2, 0) is 12.0 Å². The van der Waals surface area contributed by atoms with Crippen LogP contribution in [0.15, 0.2) is 24.3 Å². The van der Waals surface area contributed by atoms with E-state index < -0.39 is 18.1 Å². The fourth-order valence-corrected chi connectivity index (χ4v) is 2.02. The number of alkyl halides is 3. The minimum atomic E-state index is -4.29. The number of rotatable bonds is 3. The number of benzene rings is 1. The van der Waals surface area contributed by atoms with Gasteiger partial charge < -0.3 is 10.3 Å². The van der Waals surface area contributed by atoms with Crippen LogP contribution in [0.25, 0.3) is 11.0 Å². The van der Waals surface area contributed by atoms with E-state index in [0.717, 1.165) is 0 Å². The molecule has 0 atom stereocenters. The largest absolute Gasteiger partial charge is 0.406 e. The maximum absolute atomic E-state index is 12.7. The molecule has 0 aliphatic rings. The summed E-state index contributed by atoms with van der Waals surface area (Å²) >= 11 is 0. The van der Waals surface area contributed by atoms with Gasteiger partial charge in [0.15, 0.2) is 0 Å². The van der Waals surface area contributed by atoms with Crippen molar-refractivity contribution in [1.82, 2.24) is 9.55 Å². The molecular weight excluding hydrogens is 255 g/mol. The highest BCUT2D eigenvalue weighted by atomic mass is 19.4. The Morgan fingerprint density at radius 2 is 1.84 bits per heavy atom. The maximum Gasteiger partial charge on any atom is 0.406 e. The van der Waals surface area contributed by atoms with Crippen LogP contribution < -0.4 is 5.73 Å². The number of nitrogens with two attached hydrogens (primary N) is 1. The van der Waals surface area contributed by atoms with Crippen molar-refractivity contribution in [3.8, 4) is 0 Å². The molecule has 0 radical (unpaired) electrons. The second-order valence-electron chi connectivity index (χ2n) is 5.21.